The number of hydrogen-bond acceptors (Lipinski definition) is 3. The maximum atomic E-state index is 9.83. The van der Waals surface area contributed by atoms with E-state index in [0.717, 1.165) is 6.42 Å². The fraction of sp³-hybridized carbons (Fsp3) is 0.667. The number of primary amides is 1. The van der Waals surface area contributed by atoms with Crippen molar-refractivity contribution in [1.82, 2.24) is 0 Å². The normalized spacial score (nSPS) is 8.08. The Morgan fingerprint density at radius 1 is 1.17 bits per heavy atom. The second-order valence-corrected chi connectivity index (χ2v) is 1.98. The number of carboxylic acids is 1. The molecule has 0 saturated heterocycles. The molecule has 0 bridgehead atoms. The van der Waals surface area contributed by atoms with Crippen LogP contribution in [0, 0.1) is 0 Å². The van der Waals surface area contributed by atoms with E-state index in [2.05, 4.69) is 5.73 Å². The molecule has 0 aliphatic heterocycles. The molecule has 72 valence electrons. The highest BCUT2D eigenvalue weighted by Crippen LogP contribution is 1.91. The van der Waals surface area contributed by atoms with Gasteiger partial charge >= 0.3 is 12.1 Å². The first kappa shape index (κ1) is 13.3. The van der Waals surface area contributed by atoms with Crippen LogP contribution in [0.1, 0.15) is 19.3 Å². The second-order valence-electron chi connectivity index (χ2n) is 1.98. The molecule has 0 fully saturated rings. The van der Waals surface area contributed by atoms with Gasteiger partial charge in [-0.25, -0.2) is 4.79 Å². The zero-order valence-corrected chi connectivity index (χ0v) is 6.69. The fourth-order valence-corrected chi connectivity index (χ4v) is 0.421. The molecule has 6 nitrogen and oxygen atoms in total. The standard InChI is InChI=1S/C5H11NO2.CH3NO2/c6-4-2-1-3-5(7)8;2-1(3)4/h1-4,6H2,(H,7,8);2H2,(H,3,4). The van der Waals surface area contributed by atoms with E-state index in [-0.39, 0.29) is 6.42 Å². The van der Waals surface area contributed by atoms with E-state index in [1.54, 1.807) is 0 Å². The van der Waals surface area contributed by atoms with Gasteiger partial charge < -0.3 is 21.7 Å². The van der Waals surface area contributed by atoms with Crippen molar-refractivity contribution in [2.75, 3.05) is 6.54 Å². The summed E-state index contributed by atoms with van der Waals surface area (Å²) in [5.74, 6) is -0.738. The van der Waals surface area contributed by atoms with Gasteiger partial charge in [0.05, 0.1) is 0 Å². The van der Waals surface area contributed by atoms with Crippen molar-refractivity contribution < 1.29 is 19.8 Å². The summed E-state index contributed by atoms with van der Waals surface area (Å²) in [6.45, 7) is 0.591. The zero-order chi connectivity index (χ0) is 9.98. The van der Waals surface area contributed by atoms with Crippen molar-refractivity contribution in [3.63, 3.8) is 0 Å². The maximum Gasteiger partial charge on any atom is 0.402 e. The Morgan fingerprint density at radius 3 is 1.83 bits per heavy atom. The van der Waals surface area contributed by atoms with Crippen LogP contribution in [0.4, 0.5) is 4.79 Å². The summed E-state index contributed by atoms with van der Waals surface area (Å²) in [7, 11) is 0. The van der Waals surface area contributed by atoms with Gasteiger partial charge in [0.2, 0.25) is 0 Å². The Kier molecular flexibility index (Phi) is 10.8. The summed E-state index contributed by atoms with van der Waals surface area (Å²) in [5, 5.41) is 15.3. The number of rotatable bonds is 4. The Morgan fingerprint density at radius 2 is 1.58 bits per heavy atom. The summed E-state index contributed by atoms with van der Waals surface area (Å²) >= 11 is 0. The van der Waals surface area contributed by atoms with Crippen molar-refractivity contribution in [2.24, 2.45) is 11.5 Å². The van der Waals surface area contributed by atoms with Gasteiger partial charge in [0, 0.05) is 6.42 Å². The predicted molar refractivity (Wildman–Crippen MR) is 42.8 cm³/mol. The first-order valence-electron chi connectivity index (χ1n) is 3.41. The Hall–Kier alpha value is -1.30. The van der Waals surface area contributed by atoms with Gasteiger partial charge in [0.25, 0.3) is 0 Å². The monoisotopic (exact) mass is 178 g/mol. The van der Waals surface area contributed by atoms with Gasteiger partial charge in [-0.2, -0.15) is 0 Å². The van der Waals surface area contributed by atoms with E-state index < -0.39 is 12.1 Å². The molecule has 0 saturated carbocycles. The van der Waals surface area contributed by atoms with Crippen LogP contribution < -0.4 is 11.5 Å². The number of nitrogens with two attached hydrogens (primary N) is 2. The summed E-state index contributed by atoms with van der Waals surface area (Å²) in [5.41, 5.74) is 9.15. The van der Waals surface area contributed by atoms with E-state index in [1.165, 1.54) is 0 Å². The van der Waals surface area contributed by atoms with Crippen molar-refractivity contribution >= 4 is 12.1 Å². The fourth-order valence-electron chi connectivity index (χ4n) is 0.421. The van der Waals surface area contributed by atoms with Crippen molar-refractivity contribution in [3.8, 4) is 0 Å². The average molecular weight is 178 g/mol. The van der Waals surface area contributed by atoms with Gasteiger partial charge in [-0.1, -0.05) is 0 Å². The lowest BCUT2D eigenvalue weighted by Crippen LogP contribution is -2.03. The smallest absolute Gasteiger partial charge is 0.402 e. The Bertz CT molecular complexity index is 134. The molecule has 0 radical (unpaired) electrons. The van der Waals surface area contributed by atoms with E-state index in [4.69, 9.17) is 20.7 Å². The van der Waals surface area contributed by atoms with Crippen LogP contribution in [0.15, 0.2) is 0 Å². The average Bonchev–Trinajstić information content (AvgIpc) is 1.86. The van der Waals surface area contributed by atoms with E-state index in [1.807, 2.05) is 0 Å². The van der Waals surface area contributed by atoms with Crippen LogP contribution >= 0.6 is 0 Å². The SMILES string of the molecule is NC(=O)O.NCCCCC(=O)O. The molecule has 6 N–H and O–H groups in total. The molecule has 0 aliphatic rings. The van der Waals surface area contributed by atoms with Gasteiger partial charge in [0.1, 0.15) is 0 Å². The highest BCUT2D eigenvalue weighted by atomic mass is 16.4. The zero-order valence-electron chi connectivity index (χ0n) is 6.69. The highest BCUT2D eigenvalue weighted by molar-refractivity contribution is 5.66. The Balaban J connectivity index is 0. The third-order valence-corrected chi connectivity index (χ3v) is 0.845. The van der Waals surface area contributed by atoms with Crippen LogP contribution in [0.3, 0.4) is 0 Å². The van der Waals surface area contributed by atoms with E-state index >= 15 is 0 Å². The lowest BCUT2D eigenvalue weighted by atomic mass is 10.2. The number of hydrogen-bond donors (Lipinski definition) is 4. The van der Waals surface area contributed by atoms with Gasteiger partial charge in [-0.15, -0.1) is 0 Å². The molecule has 12 heavy (non-hydrogen) atoms. The molecule has 0 aromatic heterocycles. The minimum atomic E-state index is -1.33. The molecule has 0 aliphatic carbocycles. The predicted octanol–water partition coefficient (Wildman–Crippen LogP) is -0.177. The second kappa shape index (κ2) is 9.70. The largest absolute Gasteiger partial charge is 0.481 e. The van der Waals surface area contributed by atoms with E-state index in [9.17, 15) is 4.79 Å². The van der Waals surface area contributed by atoms with Crippen LogP contribution in [-0.2, 0) is 4.79 Å². The first-order chi connectivity index (χ1) is 5.50. The molecule has 0 aromatic rings. The molecule has 0 heterocycles. The lowest BCUT2D eigenvalue weighted by molar-refractivity contribution is -0.137. The van der Waals surface area contributed by atoms with E-state index in [0.29, 0.717) is 13.0 Å². The van der Waals surface area contributed by atoms with Crippen LogP contribution in [0.2, 0.25) is 0 Å². The number of carboxylic acid groups (broad SMARTS) is 2. The lowest BCUT2D eigenvalue weighted by Gasteiger charge is -1.90. The molecular weight excluding hydrogens is 164 g/mol. The summed E-state index contributed by atoms with van der Waals surface area (Å²) in [6, 6.07) is 0. The van der Waals surface area contributed by atoms with Gasteiger partial charge in [-0.3, -0.25) is 4.79 Å². The van der Waals surface area contributed by atoms with Crippen molar-refractivity contribution in [1.29, 1.82) is 0 Å². The molecule has 0 spiro atoms. The molecule has 0 unspecified atom stereocenters. The van der Waals surface area contributed by atoms with Crippen molar-refractivity contribution in [2.45, 2.75) is 19.3 Å². The number of carbonyl (C=O) groups is 2. The van der Waals surface area contributed by atoms with Crippen LogP contribution in [0.25, 0.3) is 0 Å². The quantitative estimate of drug-likeness (QED) is 0.444. The summed E-state index contributed by atoms with van der Waals surface area (Å²) in [6.07, 6.45) is 0.426. The number of aliphatic carboxylic acids is 1. The third-order valence-electron chi connectivity index (χ3n) is 0.845. The molecule has 0 rings (SSSR count). The Labute approximate surface area is 70.2 Å². The molecule has 0 atom stereocenters. The maximum absolute atomic E-state index is 9.83. The van der Waals surface area contributed by atoms with Gasteiger partial charge in [-0.05, 0) is 19.4 Å². The summed E-state index contributed by atoms with van der Waals surface area (Å²) < 4.78 is 0. The highest BCUT2D eigenvalue weighted by Gasteiger charge is 1.92. The minimum Gasteiger partial charge on any atom is -0.481 e. The summed E-state index contributed by atoms with van der Waals surface area (Å²) in [4.78, 5) is 18.6. The topological polar surface area (TPSA) is 127 Å². The molecular formula is C6H14N2O4. The number of amides is 1. The third kappa shape index (κ3) is 37.7. The van der Waals surface area contributed by atoms with Gasteiger partial charge in [0.15, 0.2) is 0 Å². The molecule has 1 amide bonds. The van der Waals surface area contributed by atoms with Crippen LogP contribution in [0.5, 0.6) is 0 Å². The van der Waals surface area contributed by atoms with Crippen molar-refractivity contribution in [3.05, 3.63) is 0 Å². The molecule has 0 aromatic carbocycles. The number of unbranched alkanes of at least 4 members (excludes halogenated alkanes) is 1. The minimum absolute atomic E-state index is 0.247. The van der Waals surface area contributed by atoms with Crippen LogP contribution in [-0.4, -0.2) is 28.8 Å². The molecule has 6 heteroatoms. The first-order valence-corrected chi connectivity index (χ1v) is 3.41.